The Labute approximate surface area is 145 Å². The van der Waals surface area contributed by atoms with E-state index < -0.39 is 11.6 Å². The molecular formula is C18H11NO5S. The molecule has 0 saturated carbocycles. The van der Waals surface area contributed by atoms with Gasteiger partial charge < -0.3 is 13.6 Å². The zero-order chi connectivity index (χ0) is 17.4. The molecular weight excluding hydrogens is 342 g/mol. The fourth-order valence-electron chi connectivity index (χ4n) is 2.33. The number of rotatable bonds is 3. The second-order valence-electron chi connectivity index (χ2n) is 5.31. The fourth-order valence-corrected chi connectivity index (χ4v) is 3.13. The van der Waals surface area contributed by atoms with E-state index in [1.165, 1.54) is 29.7 Å². The van der Waals surface area contributed by atoms with Crippen LogP contribution in [-0.4, -0.2) is 11.0 Å². The predicted molar refractivity (Wildman–Crippen MR) is 92.0 cm³/mol. The largest absolute Gasteiger partial charge is 0.457 e. The number of ether oxygens (including phenoxy) is 1. The second kappa shape index (κ2) is 6.03. The molecule has 0 amide bonds. The highest BCUT2D eigenvalue weighted by molar-refractivity contribution is 7.13. The molecule has 124 valence electrons. The molecule has 0 aliphatic rings. The number of fused-ring (bicyclic) bond motifs is 1. The number of aryl methyl sites for hydroxylation is 1. The van der Waals surface area contributed by atoms with Crippen molar-refractivity contribution in [1.29, 1.82) is 0 Å². The monoisotopic (exact) mass is 353 g/mol. The summed E-state index contributed by atoms with van der Waals surface area (Å²) in [5.74, 6) is -0.271. The van der Waals surface area contributed by atoms with Gasteiger partial charge in [-0.3, -0.25) is 0 Å². The van der Waals surface area contributed by atoms with E-state index in [0.29, 0.717) is 21.5 Å². The molecule has 7 heteroatoms. The lowest BCUT2D eigenvalue weighted by atomic mass is 10.2. The summed E-state index contributed by atoms with van der Waals surface area (Å²) in [5.41, 5.74) is 1.09. The lowest BCUT2D eigenvalue weighted by Crippen LogP contribution is -2.07. The van der Waals surface area contributed by atoms with E-state index >= 15 is 0 Å². The molecule has 0 saturated heterocycles. The average molecular weight is 353 g/mol. The van der Waals surface area contributed by atoms with Gasteiger partial charge in [-0.2, -0.15) is 0 Å². The lowest BCUT2D eigenvalue weighted by molar-refractivity contribution is 0.0701. The van der Waals surface area contributed by atoms with Crippen LogP contribution >= 0.6 is 11.3 Å². The van der Waals surface area contributed by atoms with Crippen LogP contribution in [0.4, 0.5) is 0 Å². The van der Waals surface area contributed by atoms with Crippen LogP contribution in [0.5, 0.6) is 5.75 Å². The van der Waals surface area contributed by atoms with Gasteiger partial charge in [0.1, 0.15) is 16.3 Å². The molecule has 4 aromatic rings. The van der Waals surface area contributed by atoms with Gasteiger partial charge in [0, 0.05) is 22.5 Å². The van der Waals surface area contributed by atoms with E-state index in [1.807, 2.05) is 12.3 Å². The third-order valence-corrected chi connectivity index (χ3v) is 4.48. The molecule has 0 bridgehead atoms. The van der Waals surface area contributed by atoms with Crippen molar-refractivity contribution in [2.75, 3.05) is 0 Å². The topological polar surface area (TPSA) is 82.5 Å². The van der Waals surface area contributed by atoms with Gasteiger partial charge in [0.15, 0.2) is 0 Å². The second-order valence-corrected chi connectivity index (χ2v) is 6.17. The number of furan rings is 1. The Kier molecular flexibility index (Phi) is 3.70. The number of benzene rings is 1. The molecule has 0 aliphatic carbocycles. The quantitative estimate of drug-likeness (QED) is 0.314. The maximum atomic E-state index is 12.2. The standard InChI is InChI=1S/C18H11NO5S/c1-10-9-25-16(19-10)13-7-11-4-5-12(8-15(11)24-17(13)20)23-18(21)14-3-2-6-22-14/h2-9H,1H3. The molecule has 0 unspecified atom stereocenters. The minimum absolute atomic E-state index is 0.0936. The highest BCUT2D eigenvalue weighted by Gasteiger charge is 2.14. The van der Waals surface area contributed by atoms with E-state index in [4.69, 9.17) is 13.6 Å². The third-order valence-electron chi connectivity index (χ3n) is 3.49. The van der Waals surface area contributed by atoms with Gasteiger partial charge in [0.05, 0.1) is 11.8 Å². The van der Waals surface area contributed by atoms with E-state index in [1.54, 1.807) is 24.3 Å². The summed E-state index contributed by atoms with van der Waals surface area (Å²) in [6.45, 7) is 1.86. The van der Waals surface area contributed by atoms with Crippen molar-refractivity contribution in [3.63, 3.8) is 0 Å². The summed E-state index contributed by atoms with van der Waals surface area (Å²) in [6.07, 6.45) is 1.39. The number of carbonyl (C=O) groups excluding carboxylic acids is 1. The van der Waals surface area contributed by atoms with Gasteiger partial charge in [0.2, 0.25) is 5.76 Å². The Bertz CT molecular complexity index is 1120. The van der Waals surface area contributed by atoms with Crippen molar-refractivity contribution in [1.82, 2.24) is 4.98 Å². The van der Waals surface area contributed by atoms with Gasteiger partial charge >= 0.3 is 11.6 Å². The SMILES string of the molecule is Cc1csc(-c2cc3ccc(OC(=O)c4ccco4)cc3oc2=O)n1. The summed E-state index contributed by atoms with van der Waals surface area (Å²) in [7, 11) is 0. The lowest BCUT2D eigenvalue weighted by Gasteiger charge is -2.04. The van der Waals surface area contributed by atoms with Crippen molar-refractivity contribution in [3.8, 4) is 16.3 Å². The third kappa shape index (κ3) is 2.97. The van der Waals surface area contributed by atoms with E-state index in [0.717, 1.165) is 5.69 Å². The van der Waals surface area contributed by atoms with Gasteiger partial charge in [0.25, 0.3) is 0 Å². The normalized spacial score (nSPS) is 10.9. The molecule has 6 nitrogen and oxygen atoms in total. The Morgan fingerprint density at radius 3 is 2.84 bits per heavy atom. The van der Waals surface area contributed by atoms with Crippen molar-refractivity contribution in [2.45, 2.75) is 6.92 Å². The van der Waals surface area contributed by atoms with Crippen molar-refractivity contribution in [3.05, 3.63) is 69.9 Å². The van der Waals surface area contributed by atoms with Crippen LogP contribution < -0.4 is 10.4 Å². The Balaban J connectivity index is 1.70. The van der Waals surface area contributed by atoms with Crippen LogP contribution in [0.1, 0.15) is 16.2 Å². The zero-order valence-corrected chi connectivity index (χ0v) is 13.8. The maximum Gasteiger partial charge on any atom is 0.379 e. The Hall–Kier alpha value is -3.19. The highest BCUT2D eigenvalue weighted by Crippen LogP contribution is 2.26. The van der Waals surface area contributed by atoms with Crippen LogP contribution in [-0.2, 0) is 0 Å². The zero-order valence-electron chi connectivity index (χ0n) is 13.0. The first-order chi connectivity index (χ1) is 12.1. The molecule has 1 aromatic carbocycles. The van der Waals surface area contributed by atoms with Crippen molar-refractivity contribution < 1.29 is 18.4 Å². The van der Waals surface area contributed by atoms with Gasteiger partial charge in [-0.05, 0) is 37.3 Å². The predicted octanol–water partition coefficient (Wildman–Crippen LogP) is 4.04. The molecule has 3 aromatic heterocycles. The molecule has 4 rings (SSSR count). The maximum absolute atomic E-state index is 12.2. The molecule has 0 aliphatic heterocycles. The smallest absolute Gasteiger partial charge is 0.379 e. The molecule has 25 heavy (non-hydrogen) atoms. The number of aromatic nitrogens is 1. The number of hydrogen-bond acceptors (Lipinski definition) is 7. The summed E-state index contributed by atoms with van der Waals surface area (Å²) < 4.78 is 15.6. The number of thiazole rings is 1. The molecule has 0 atom stereocenters. The van der Waals surface area contributed by atoms with Crippen LogP contribution in [0.25, 0.3) is 21.5 Å². The molecule has 0 spiro atoms. The number of carbonyl (C=O) groups is 1. The summed E-state index contributed by atoms with van der Waals surface area (Å²) in [4.78, 5) is 28.5. The minimum atomic E-state index is -0.624. The number of hydrogen-bond donors (Lipinski definition) is 0. The Morgan fingerprint density at radius 1 is 1.24 bits per heavy atom. The van der Waals surface area contributed by atoms with Crippen molar-refractivity contribution >= 4 is 28.3 Å². The first kappa shape index (κ1) is 15.3. The summed E-state index contributed by atoms with van der Waals surface area (Å²) >= 11 is 1.38. The molecule has 0 radical (unpaired) electrons. The van der Waals surface area contributed by atoms with Gasteiger partial charge in [-0.1, -0.05) is 0 Å². The van der Waals surface area contributed by atoms with E-state index in [9.17, 15) is 9.59 Å². The highest BCUT2D eigenvalue weighted by atomic mass is 32.1. The fraction of sp³-hybridized carbons (Fsp3) is 0.0556. The van der Waals surface area contributed by atoms with Crippen LogP contribution in [0, 0.1) is 6.92 Å². The van der Waals surface area contributed by atoms with E-state index in [2.05, 4.69) is 4.98 Å². The minimum Gasteiger partial charge on any atom is -0.457 e. The number of nitrogens with zero attached hydrogens (tertiary/aromatic N) is 1. The summed E-state index contributed by atoms with van der Waals surface area (Å²) in [6, 6.07) is 9.66. The van der Waals surface area contributed by atoms with E-state index in [-0.39, 0.29) is 11.5 Å². The van der Waals surface area contributed by atoms with Crippen molar-refractivity contribution in [2.24, 2.45) is 0 Å². The molecule has 0 fully saturated rings. The molecule has 3 heterocycles. The van der Waals surface area contributed by atoms with Gasteiger partial charge in [-0.15, -0.1) is 11.3 Å². The first-order valence-corrected chi connectivity index (χ1v) is 8.24. The molecule has 0 N–H and O–H groups in total. The van der Waals surface area contributed by atoms with Crippen LogP contribution in [0.15, 0.2) is 61.7 Å². The Morgan fingerprint density at radius 2 is 2.12 bits per heavy atom. The first-order valence-electron chi connectivity index (χ1n) is 7.36. The van der Waals surface area contributed by atoms with Gasteiger partial charge in [-0.25, -0.2) is 14.6 Å². The van der Waals surface area contributed by atoms with Crippen LogP contribution in [0.2, 0.25) is 0 Å². The average Bonchev–Trinajstić information content (AvgIpc) is 3.26. The van der Waals surface area contributed by atoms with Crippen LogP contribution in [0.3, 0.4) is 0 Å². The summed E-state index contributed by atoms with van der Waals surface area (Å²) in [5, 5.41) is 3.19. The number of esters is 1.